The number of nitrogen functional groups attached to an aromatic ring is 1. The van der Waals surface area contributed by atoms with Crippen LogP contribution in [0.15, 0.2) is 12.1 Å². The predicted molar refractivity (Wildman–Crippen MR) is 46.3 cm³/mol. The standard InChI is InChI=1S/C8H5ClF3NO/c9-7-4(3-14)6(13)2-1-5(7)8(10,11)12/h1-3H,13H2. The van der Waals surface area contributed by atoms with Crippen molar-refractivity contribution in [2.24, 2.45) is 0 Å². The molecule has 0 aliphatic heterocycles. The van der Waals surface area contributed by atoms with Crippen LogP contribution >= 0.6 is 11.6 Å². The van der Waals surface area contributed by atoms with Crippen molar-refractivity contribution >= 4 is 23.6 Å². The molecule has 1 aromatic carbocycles. The number of carbonyl (C=O) groups is 1. The summed E-state index contributed by atoms with van der Waals surface area (Å²) in [5.41, 5.74) is 3.80. The van der Waals surface area contributed by atoms with Gasteiger partial charge in [0, 0.05) is 5.69 Å². The van der Waals surface area contributed by atoms with Crippen molar-refractivity contribution in [2.45, 2.75) is 6.18 Å². The molecule has 0 aliphatic carbocycles. The van der Waals surface area contributed by atoms with E-state index in [1.807, 2.05) is 0 Å². The van der Waals surface area contributed by atoms with Gasteiger partial charge in [-0.05, 0) is 12.1 Å². The Morgan fingerprint density at radius 2 is 1.93 bits per heavy atom. The van der Waals surface area contributed by atoms with E-state index in [1.54, 1.807) is 0 Å². The minimum absolute atomic E-state index is 0.0713. The van der Waals surface area contributed by atoms with Gasteiger partial charge < -0.3 is 5.73 Å². The zero-order valence-electron chi connectivity index (χ0n) is 6.73. The highest BCUT2D eigenvalue weighted by Crippen LogP contribution is 2.37. The third-order valence-electron chi connectivity index (χ3n) is 1.64. The number of hydrogen-bond donors (Lipinski definition) is 1. The second-order valence-corrected chi connectivity index (χ2v) is 2.92. The van der Waals surface area contributed by atoms with Gasteiger partial charge in [-0.1, -0.05) is 11.6 Å². The molecular formula is C8H5ClF3NO. The number of hydrogen-bond acceptors (Lipinski definition) is 2. The first-order valence-corrected chi connectivity index (χ1v) is 3.86. The zero-order chi connectivity index (χ0) is 10.9. The lowest BCUT2D eigenvalue weighted by atomic mass is 10.1. The lowest BCUT2D eigenvalue weighted by molar-refractivity contribution is -0.137. The van der Waals surface area contributed by atoms with Gasteiger partial charge in [0.1, 0.15) is 0 Å². The summed E-state index contributed by atoms with van der Waals surface area (Å²) in [5.74, 6) is 0. The number of anilines is 1. The second-order valence-electron chi connectivity index (χ2n) is 2.55. The van der Waals surface area contributed by atoms with Crippen LogP contribution in [0.5, 0.6) is 0 Å². The third-order valence-corrected chi connectivity index (χ3v) is 2.04. The number of carbonyl (C=O) groups excluding carboxylic acids is 1. The van der Waals surface area contributed by atoms with E-state index in [4.69, 9.17) is 17.3 Å². The summed E-state index contributed by atoms with van der Waals surface area (Å²) in [5, 5.41) is -0.660. The molecule has 0 bridgehead atoms. The Morgan fingerprint density at radius 3 is 2.36 bits per heavy atom. The van der Waals surface area contributed by atoms with Gasteiger partial charge >= 0.3 is 6.18 Å². The SMILES string of the molecule is Nc1ccc(C(F)(F)F)c(Cl)c1C=O. The molecule has 0 amide bonds. The Bertz CT molecular complexity index is 376. The van der Waals surface area contributed by atoms with Crippen LogP contribution in [0, 0.1) is 0 Å². The first-order chi connectivity index (χ1) is 6.38. The van der Waals surface area contributed by atoms with E-state index in [9.17, 15) is 18.0 Å². The Hall–Kier alpha value is -1.23. The largest absolute Gasteiger partial charge is 0.417 e. The maximum absolute atomic E-state index is 12.3. The van der Waals surface area contributed by atoms with E-state index in [1.165, 1.54) is 0 Å². The second kappa shape index (κ2) is 3.49. The minimum Gasteiger partial charge on any atom is -0.398 e. The Labute approximate surface area is 82.5 Å². The number of alkyl halides is 3. The molecule has 0 aromatic heterocycles. The van der Waals surface area contributed by atoms with Gasteiger partial charge in [-0.2, -0.15) is 13.2 Å². The van der Waals surface area contributed by atoms with Crippen LogP contribution in [0.3, 0.4) is 0 Å². The maximum Gasteiger partial charge on any atom is 0.417 e. The molecule has 1 aromatic rings. The summed E-state index contributed by atoms with van der Waals surface area (Å²) in [6.45, 7) is 0. The summed E-state index contributed by atoms with van der Waals surface area (Å²) in [6.07, 6.45) is -4.38. The normalized spacial score (nSPS) is 11.4. The number of halogens is 4. The first-order valence-electron chi connectivity index (χ1n) is 3.48. The molecule has 0 atom stereocenters. The molecule has 0 saturated heterocycles. The molecule has 0 radical (unpaired) electrons. The van der Waals surface area contributed by atoms with Crippen molar-refractivity contribution in [3.63, 3.8) is 0 Å². The van der Waals surface area contributed by atoms with Crippen molar-refractivity contribution in [2.75, 3.05) is 5.73 Å². The summed E-state index contributed by atoms with van der Waals surface area (Å²) in [6, 6.07) is 1.74. The fourth-order valence-corrected chi connectivity index (χ4v) is 1.27. The maximum atomic E-state index is 12.3. The fourth-order valence-electron chi connectivity index (χ4n) is 0.947. The molecule has 0 saturated carbocycles. The molecule has 0 aliphatic rings. The summed E-state index contributed by atoms with van der Waals surface area (Å²) in [4.78, 5) is 10.4. The van der Waals surface area contributed by atoms with Gasteiger partial charge in [0.2, 0.25) is 0 Å². The third kappa shape index (κ3) is 1.82. The van der Waals surface area contributed by atoms with Gasteiger partial charge in [0.05, 0.1) is 16.1 Å². The number of aldehydes is 1. The Morgan fingerprint density at radius 1 is 1.36 bits per heavy atom. The number of nitrogens with two attached hydrogens (primary N) is 1. The van der Waals surface area contributed by atoms with Gasteiger partial charge in [0.25, 0.3) is 0 Å². The molecule has 0 spiro atoms. The summed E-state index contributed by atoms with van der Waals surface area (Å²) < 4.78 is 36.8. The van der Waals surface area contributed by atoms with Crippen molar-refractivity contribution in [3.8, 4) is 0 Å². The fraction of sp³-hybridized carbons (Fsp3) is 0.125. The van der Waals surface area contributed by atoms with Crippen molar-refractivity contribution in [1.82, 2.24) is 0 Å². The van der Waals surface area contributed by atoms with Gasteiger partial charge in [-0.3, -0.25) is 4.79 Å². The van der Waals surface area contributed by atoms with Gasteiger partial charge in [-0.25, -0.2) is 0 Å². The summed E-state index contributed by atoms with van der Waals surface area (Å²) in [7, 11) is 0. The minimum atomic E-state index is -4.58. The lowest BCUT2D eigenvalue weighted by Gasteiger charge is -2.11. The molecule has 0 heterocycles. The number of benzene rings is 1. The average molecular weight is 224 g/mol. The van der Waals surface area contributed by atoms with Gasteiger partial charge in [-0.15, -0.1) is 0 Å². The molecule has 2 N–H and O–H groups in total. The molecule has 14 heavy (non-hydrogen) atoms. The van der Waals surface area contributed by atoms with Crippen molar-refractivity contribution in [3.05, 3.63) is 28.3 Å². The zero-order valence-corrected chi connectivity index (χ0v) is 7.49. The van der Waals surface area contributed by atoms with E-state index in [-0.39, 0.29) is 17.5 Å². The Kier molecular flexibility index (Phi) is 2.71. The monoisotopic (exact) mass is 223 g/mol. The van der Waals surface area contributed by atoms with Crippen LogP contribution in [-0.4, -0.2) is 6.29 Å². The van der Waals surface area contributed by atoms with E-state index >= 15 is 0 Å². The molecule has 0 fully saturated rings. The van der Waals surface area contributed by atoms with E-state index in [0.717, 1.165) is 12.1 Å². The smallest absolute Gasteiger partial charge is 0.398 e. The van der Waals surface area contributed by atoms with E-state index < -0.39 is 16.8 Å². The molecule has 0 unspecified atom stereocenters. The van der Waals surface area contributed by atoms with E-state index in [2.05, 4.69) is 0 Å². The van der Waals surface area contributed by atoms with Gasteiger partial charge in [0.15, 0.2) is 6.29 Å². The van der Waals surface area contributed by atoms with E-state index in [0.29, 0.717) is 0 Å². The lowest BCUT2D eigenvalue weighted by Crippen LogP contribution is -2.08. The quantitative estimate of drug-likeness (QED) is 0.588. The first kappa shape index (κ1) is 10.8. The highest BCUT2D eigenvalue weighted by Gasteiger charge is 2.34. The van der Waals surface area contributed by atoms with Crippen molar-refractivity contribution in [1.29, 1.82) is 0 Å². The predicted octanol–water partition coefficient (Wildman–Crippen LogP) is 2.75. The summed E-state index contributed by atoms with van der Waals surface area (Å²) >= 11 is 5.37. The number of rotatable bonds is 1. The molecule has 1 rings (SSSR count). The topological polar surface area (TPSA) is 43.1 Å². The highest BCUT2D eigenvalue weighted by atomic mass is 35.5. The van der Waals surface area contributed by atoms with Crippen molar-refractivity contribution < 1.29 is 18.0 Å². The van der Waals surface area contributed by atoms with Crippen LogP contribution < -0.4 is 5.73 Å². The van der Waals surface area contributed by atoms with Crippen LogP contribution in [0.25, 0.3) is 0 Å². The highest BCUT2D eigenvalue weighted by molar-refractivity contribution is 6.34. The molecule has 2 nitrogen and oxygen atoms in total. The Balaban J connectivity index is 3.43. The average Bonchev–Trinajstić information content (AvgIpc) is 2.02. The molecule has 76 valence electrons. The van der Waals surface area contributed by atoms with Crippen LogP contribution in [-0.2, 0) is 6.18 Å². The van der Waals surface area contributed by atoms with Crippen LogP contribution in [0.4, 0.5) is 18.9 Å². The molecule has 6 heteroatoms. The van der Waals surface area contributed by atoms with Crippen LogP contribution in [0.2, 0.25) is 5.02 Å². The van der Waals surface area contributed by atoms with Crippen LogP contribution in [0.1, 0.15) is 15.9 Å². The molecular weight excluding hydrogens is 219 g/mol.